The van der Waals surface area contributed by atoms with Gasteiger partial charge in [0.15, 0.2) is 0 Å². The third-order valence-corrected chi connectivity index (χ3v) is 0. The summed E-state index contributed by atoms with van der Waals surface area (Å²) in [6.07, 6.45) is 0. The first-order valence-corrected chi connectivity index (χ1v) is 2.75. The van der Waals surface area contributed by atoms with Crippen LogP contribution >= 0.6 is 0 Å². The van der Waals surface area contributed by atoms with E-state index in [1.807, 2.05) is 0 Å². The van der Waals surface area contributed by atoms with Crippen LogP contribution in [0.15, 0.2) is 0 Å². The summed E-state index contributed by atoms with van der Waals surface area (Å²) in [6.45, 7) is 0. The first-order valence-electron chi connectivity index (χ1n) is 0.667. The molecule has 0 aromatic heterocycles. The third kappa shape index (κ3) is 218. The average molecular weight is 207 g/mol. The molecule has 0 aliphatic carbocycles. The summed E-state index contributed by atoms with van der Waals surface area (Å²) in [5.41, 5.74) is 0. The second-order valence-corrected chi connectivity index (χ2v) is 1.68. The van der Waals surface area contributed by atoms with Crippen LogP contribution in [0.2, 0.25) is 0 Å². The van der Waals surface area contributed by atoms with Crippen molar-refractivity contribution in [3.63, 3.8) is 0 Å². The van der Waals surface area contributed by atoms with Gasteiger partial charge < -0.3 is 12.4 Å². The van der Waals surface area contributed by atoms with Crippen molar-refractivity contribution in [2.45, 2.75) is 0 Å². The van der Waals surface area contributed by atoms with Crippen molar-refractivity contribution < 1.29 is 59.0 Å². The molecular formula is ClCrFeO4. The van der Waals surface area contributed by atoms with Gasteiger partial charge in [-0.25, -0.2) is 0 Å². The van der Waals surface area contributed by atoms with Crippen molar-refractivity contribution >= 4 is 0 Å². The zero-order chi connectivity index (χ0) is 4.50. The van der Waals surface area contributed by atoms with Crippen molar-refractivity contribution in [3.05, 3.63) is 0 Å². The molecule has 0 rings (SSSR count). The third-order valence-electron chi connectivity index (χ3n) is 0. The maximum atomic E-state index is 8.59. The van der Waals surface area contributed by atoms with Gasteiger partial charge >= 0.3 is 46.6 Å². The molecule has 7 heteroatoms. The Kier molecular flexibility index (Phi) is 11.2. The molecule has 7 heavy (non-hydrogen) atoms. The fraction of sp³-hybridized carbons (Fsp3) is 0. The molecule has 4 nitrogen and oxygen atoms in total. The van der Waals surface area contributed by atoms with Gasteiger partial charge in [-0.15, -0.1) is 0 Å². The molecule has 0 aromatic carbocycles. The molecular weight excluding hydrogens is 207 g/mol. The van der Waals surface area contributed by atoms with Crippen LogP contribution in [0.1, 0.15) is 0 Å². The van der Waals surface area contributed by atoms with Crippen LogP contribution in [0.5, 0.6) is 0 Å². The van der Waals surface area contributed by atoms with Crippen molar-refractivity contribution in [3.8, 4) is 0 Å². The molecule has 0 spiro atoms. The molecule has 0 atom stereocenters. The van der Waals surface area contributed by atoms with E-state index in [2.05, 4.69) is 0 Å². The summed E-state index contributed by atoms with van der Waals surface area (Å²) in [4.78, 5) is 0. The Balaban J connectivity index is -0.0000000800. The zero-order valence-corrected chi connectivity index (χ0v) is 5.91. The minimum atomic E-state index is -5.75. The molecule has 1 radical (unpaired) electrons. The molecule has 0 aliphatic rings. The first-order chi connectivity index (χ1) is 2.00. The van der Waals surface area contributed by atoms with Gasteiger partial charge in [-0.3, -0.25) is 0 Å². The van der Waals surface area contributed by atoms with E-state index in [0.717, 1.165) is 0 Å². The Morgan fingerprint density at radius 1 is 1.14 bits per heavy atom. The minimum absolute atomic E-state index is 0. The number of halogens is 1. The van der Waals surface area contributed by atoms with Crippen molar-refractivity contribution in [2.75, 3.05) is 0 Å². The summed E-state index contributed by atoms with van der Waals surface area (Å²) >= 11 is -5.75. The Labute approximate surface area is 59.2 Å². The molecule has 0 amide bonds. The molecule has 0 saturated heterocycles. The quantitative estimate of drug-likeness (QED) is 0.371. The van der Waals surface area contributed by atoms with Gasteiger partial charge in [0.25, 0.3) is 0 Å². The van der Waals surface area contributed by atoms with Crippen molar-refractivity contribution in [1.82, 2.24) is 0 Å². The van der Waals surface area contributed by atoms with Gasteiger partial charge in [0.2, 0.25) is 0 Å². The average Bonchev–Trinajstić information content (AvgIpc) is 0.722. The van der Waals surface area contributed by atoms with E-state index in [9.17, 15) is 0 Å². The first kappa shape index (κ1) is 15.7. The van der Waals surface area contributed by atoms with Crippen LogP contribution in [-0.2, 0) is 38.3 Å². The van der Waals surface area contributed by atoms with Crippen LogP contribution in [0.3, 0.4) is 0 Å². The van der Waals surface area contributed by atoms with Crippen molar-refractivity contribution in [2.24, 2.45) is 0 Å². The Hall–Kier alpha value is 0.862. The van der Waals surface area contributed by atoms with Crippen LogP contribution < -0.4 is 20.7 Å². The molecule has 0 N–H and O–H groups in total. The van der Waals surface area contributed by atoms with E-state index in [1.165, 1.54) is 0 Å². The molecule has 0 aromatic rings. The fourth-order valence-electron chi connectivity index (χ4n) is 0. The summed E-state index contributed by atoms with van der Waals surface area (Å²) < 4.78 is 34.4. The molecule has 0 unspecified atom stereocenters. The summed E-state index contributed by atoms with van der Waals surface area (Å²) in [6, 6.07) is 0. The van der Waals surface area contributed by atoms with Gasteiger partial charge in [-0.1, -0.05) is 0 Å². The van der Waals surface area contributed by atoms with E-state index in [-0.39, 0.29) is 29.5 Å². The van der Waals surface area contributed by atoms with Crippen molar-refractivity contribution in [1.29, 1.82) is 0 Å². The predicted molar refractivity (Wildman–Crippen MR) is 1.37 cm³/mol. The van der Waals surface area contributed by atoms with Gasteiger partial charge in [0, 0.05) is 0 Å². The standard InChI is InChI=1S/ClH.Cr.Fe.4O/h1H;;;;;;/q;;+3;;;2*-1/p-1. The molecule has 0 aliphatic heterocycles. The van der Waals surface area contributed by atoms with Gasteiger partial charge in [-0.05, 0) is 0 Å². The Morgan fingerprint density at radius 2 is 1.14 bits per heavy atom. The monoisotopic (exact) mass is 207 g/mol. The topological polar surface area (TPSA) is 80.3 Å². The van der Waals surface area contributed by atoms with E-state index in [0.29, 0.717) is 0 Å². The molecule has 0 fully saturated rings. The number of rotatable bonds is 0. The summed E-state index contributed by atoms with van der Waals surface area (Å²) in [5.74, 6) is 0. The SMILES string of the molecule is [Cl-].[Fe+3].[O]=[Cr](=[O])([O-])[O-]. The Bertz CT molecular complexity index is 94.9. The van der Waals surface area contributed by atoms with Crippen LogP contribution in [-0.4, -0.2) is 0 Å². The van der Waals surface area contributed by atoms with Gasteiger partial charge in [0.05, 0.1) is 0 Å². The maximum absolute atomic E-state index is 8.59. The summed E-state index contributed by atoms with van der Waals surface area (Å²) in [5, 5.41) is 0. The van der Waals surface area contributed by atoms with Crippen LogP contribution in [0.25, 0.3) is 0 Å². The second kappa shape index (κ2) is 5.01. The van der Waals surface area contributed by atoms with E-state index in [1.54, 1.807) is 0 Å². The van der Waals surface area contributed by atoms with Crippen LogP contribution in [0, 0.1) is 0 Å². The second-order valence-electron chi connectivity index (χ2n) is 0.408. The normalized spacial score (nSPS) is 8.29. The zero-order valence-electron chi connectivity index (χ0n) is 2.77. The van der Waals surface area contributed by atoms with Gasteiger partial charge in [0.1, 0.15) is 0 Å². The van der Waals surface area contributed by atoms with E-state index in [4.69, 9.17) is 15.9 Å². The molecule has 0 bridgehead atoms. The molecule has 0 heterocycles. The molecule has 45 valence electrons. The molecule has 0 saturated carbocycles. The summed E-state index contributed by atoms with van der Waals surface area (Å²) in [7, 11) is 0. The van der Waals surface area contributed by atoms with Gasteiger partial charge in [-0.2, -0.15) is 0 Å². The number of hydrogen-bond acceptors (Lipinski definition) is 4. The number of hydrogen-bond donors (Lipinski definition) is 0. The Morgan fingerprint density at radius 3 is 1.14 bits per heavy atom. The van der Waals surface area contributed by atoms with E-state index >= 15 is 0 Å². The fourth-order valence-corrected chi connectivity index (χ4v) is 0. The van der Waals surface area contributed by atoms with Crippen LogP contribution in [0.4, 0.5) is 0 Å². The predicted octanol–water partition coefficient (Wildman–Crippen LogP) is -5.62. The van der Waals surface area contributed by atoms with E-state index < -0.39 is 13.6 Å².